The minimum absolute atomic E-state index is 0.0278. The van der Waals surface area contributed by atoms with Crippen LogP contribution in [-0.2, 0) is 0 Å². The smallest absolute Gasteiger partial charge is 0.216 e. The fourth-order valence-electron chi connectivity index (χ4n) is 0.912. The third kappa shape index (κ3) is 1.15. The first kappa shape index (κ1) is 8.64. The zero-order valence-corrected chi connectivity index (χ0v) is 6.76. The van der Waals surface area contributed by atoms with Crippen molar-refractivity contribution in [2.45, 2.75) is 13.8 Å². The van der Waals surface area contributed by atoms with Crippen molar-refractivity contribution in [3.63, 3.8) is 0 Å². The maximum Gasteiger partial charge on any atom is 0.216 e. The standard InChI is InChI=1S/C8H8FNO2/c1-4-6(3-11)7(12)5(2)10-8(4)9/h3,12H,1-2H3. The number of aromatic hydroxyl groups is 1. The molecule has 0 saturated heterocycles. The average Bonchev–Trinajstić information content (AvgIpc) is 2.02. The number of aldehydes is 1. The van der Waals surface area contributed by atoms with Crippen LogP contribution in [0.25, 0.3) is 0 Å². The van der Waals surface area contributed by atoms with Gasteiger partial charge in [0.05, 0.1) is 11.3 Å². The van der Waals surface area contributed by atoms with Gasteiger partial charge < -0.3 is 5.11 Å². The van der Waals surface area contributed by atoms with Crippen molar-refractivity contribution in [3.8, 4) is 5.75 Å². The molecule has 0 atom stereocenters. The second kappa shape index (κ2) is 2.89. The maximum absolute atomic E-state index is 12.8. The lowest BCUT2D eigenvalue weighted by atomic mass is 10.1. The lowest BCUT2D eigenvalue weighted by Crippen LogP contribution is -1.98. The molecule has 1 aromatic rings. The molecular formula is C8H8FNO2. The summed E-state index contributed by atoms with van der Waals surface area (Å²) in [6.45, 7) is 2.83. The Kier molecular flexibility index (Phi) is 2.08. The van der Waals surface area contributed by atoms with E-state index in [0.29, 0.717) is 6.29 Å². The first-order valence-electron chi connectivity index (χ1n) is 3.38. The van der Waals surface area contributed by atoms with Gasteiger partial charge in [-0.2, -0.15) is 4.39 Å². The van der Waals surface area contributed by atoms with E-state index >= 15 is 0 Å². The largest absolute Gasteiger partial charge is 0.505 e. The second-order valence-electron chi connectivity index (χ2n) is 2.49. The van der Waals surface area contributed by atoms with Gasteiger partial charge in [-0.15, -0.1) is 0 Å². The van der Waals surface area contributed by atoms with Crippen molar-refractivity contribution in [1.82, 2.24) is 4.98 Å². The van der Waals surface area contributed by atoms with E-state index in [-0.39, 0.29) is 22.6 Å². The second-order valence-corrected chi connectivity index (χ2v) is 2.49. The Hall–Kier alpha value is -1.45. The van der Waals surface area contributed by atoms with Crippen molar-refractivity contribution in [1.29, 1.82) is 0 Å². The van der Waals surface area contributed by atoms with Crippen LogP contribution in [0.3, 0.4) is 0 Å². The van der Waals surface area contributed by atoms with Crippen LogP contribution in [0, 0.1) is 19.8 Å². The van der Waals surface area contributed by atoms with Crippen LogP contribution in [0.5, 0.6) is 5.75 Å². The lowest BCUT2D eigenvalue weighted by Gasteiger charge is -2.04. The Morgan fingerprint density at radius 2 is 2.08 bits per heavy atom. The number of nitrogens with zero attached hydrogens (tertiary/aromatic N) is 1. The molecule has 12 heavy (non-hydrogen) atoms. The summed E-state index contributed by atoms with van der Waals surface area (Å²) in [7, 11) is 0. The van der Waals surface area contributed by atoms with E-state index in [1.54, 1.807) is 0 Å². The first-order valence-corrected chi connectivity index (χ1v) is 3.38. The highest BCUT2D eigenvalue weighted by Gasteiger charge is 2.12. The molecule has 0 radical (unpaired) electrons. The van der Waals surface area contributed by atoms with Crippen LogP contribution in [0.15, 0.2) is 0 Å². The number of hydrogen-bond acceptors (Lipinski definition) is 3. The van der Waals surface area contributed by atoms with E-state index < -0.39 is 5.95 Å². The van der Waals surface area contributed by atoms with Crippen LogP contribution in [0.1, 0.15) is 21.6 Å². The maximum atomic E-state index is 12.8. The predicted octanol–water partition coefficient (Wildman–Crippen LogP) is 1.36. The van der Waals surface area contributed by atoms with Crippen molar-refractivity contribution in [3.05, 3.63) is 22.8 Å². The van der Waals surface area contributed by atoms with Crippen molar-refractivity contribution < 1.29 is 14.3 Å². The molecule has 0 amide bonds. The molecule has 0 unspecified atom stereocenters. The van der Waals surface area contributed by atoms with Gasteiger partial charge in [0.1, 0.15) is 5.75 Å². The summed E-state index contributed by atoms with van der Waals surface area (Å²) in [6, 6.07) is 0. The molecule has 0 aliphatic rings. The Bertz CT molecular complexity index is 310. The van der Waals surface area contributed by atoms with E-state index in [2.05, 4.69) is 4.98 Å². The molecule has 3 nitrogen and oxygen atoms in total. The summed E-state index contributed by atoms with van der Waals surface area (Å²) in [5.74, 6) is -0.962. The molecule has 0 aliphatic carbocycles. The number of carbonyl (C=O) groups is 1. The summed E-state index contributed by atoms with van der Waals surface area (Å²) in [5.41, 5.74) is 0.174. The minimum Gasteiger partial charge on any atom is -0.505 e. The Balaban J connectivity index is 3.52. The summed E-state index contributed by atoms with van der Waals surface area (Å²) in [5, 5.41) is 9.24. The van der Waals surface area contributed by atoms with Gasteiger partial charge in [0.25, 0.3) is 0 Å². The van der Waals surface area contributed by atoms with Crippen LogP contribution < -0.4 is 0 Å². The van der Waals surface area contributed by atoms with Gasteiger partial charge >= 0.3 is 0 Å². The monoisotopic (exact) mass is 169 g/mol. The normalized spacial score (nSPS) is 9.92. The van der Waals surface area contributed by atoms with Gasteiger partial charge in [-0.25, -0.2) is 4.98 Å². The molecule has 0 saturated carbocycles. The van der Waals surface area contributed by atoms with E-state index in [1.165, 1.54) is 13.8 Å². The summed E-state index contributed by atoms with van der Waals surface area (Å²) in [4.78, 5) is 13.8. The number of pyridine rings is 1. The zero-order valence-electron chi connectivity index (χ0n) is 6.76. The summed E-state index contributed by atoms with van der Waals surface area (Å²) < 4.78 is 12.8. The Labute approximate surface area is 68.9 Å². The molecular weight excluding hydrogens is 161 g/mol. The molecule has 1 heterocycles. The summed E-state index contributed by atoms with van der Waals surface area (Å²) >= 11 is 0. The predicted molar refractivity (Wildman–Crippen MR) is 40.7 cm³/mol. The fourth-order valence-corrected chi connectivity index (χ4v) is 0.912. The molecule has 0 fully saturated rings. The van der Waals surface area contributed by atoms with Gasteiger partial charge in [-0.3, -0.25) is 4.79 Å². The van der Waals surface area contributed by atoms with Gasteiger partial charge in [0.2, 0.25) is 5.95 Å². The molecule has 1 N–H and O–H groups in total. The highest BCUT2D eigenvalue weighted by Crippen LogP contribution is 2.22. The lowest BCUT2D eigenvalue weighted by molar-refractivity contribution is 0.111. The van der Waals surface area contributed by atoms with Gasteiger partial charge in [-0.1, -0.05) is 0 Å². The third-order valence-corrected chi connectivity index (χ3v) is 1.69. The minimum atomic E-state index is -0.715. The SMILES string of the molecule is Cc1nc(F)c(C)c(C=O)c1O. The van der Waals surface area contributed by atoms with Crippen LogP contribution >= 0.6 is 0 Å². The fraction of sp³-hybridized carbons (Fsp3) is 0.250. The Morgan fingerprint density at radius 3 is 2.58 bits per heavy atom. The van der Waals surface area contributed by atoms with Crippen LogP contribution in [0.2, 0.25) is 0 Å². The first-order chi connectivity index (χ1) is 5.57. The van der Waals surface area contributed by atoms with Gasteiger partial charge in [0, 0.05) is 5.56 Å². The highest BCUT2D eigenvalue weighted by atomic mass is 19.1. The molecule has 0 aromatic carbocycles. The van der Waals surface area contributed by atoms with Crippen LogP contribution in [-0.4, -0.2) is 16.4 Å². The molecule has 0 aliphatic heterocycles. The van der Waals surface area contributed by atoms with E-state index in [9.17, 15) is 14.3 Å². The number of rotatable bonds is 1. The van der Waals surface area contributed by atoms with Gasteiger partial charge in [-0.05, 0) is 13.8 Å². The average molecular weight is 169 g/mol. The van der Waals surface area contributed by atoms with Crippen LogP contribution in [0.4, 0.5) is 4.39 Å². The molecule has 1 rings (SSSR count). The van der Waals surface area contributed by atoms with Crippen molar-refractivity contribution in [2.24, 2.45) is 0 Å². The number of aryl methyl sites for hydroxylation is 1. The molecule has 1 aromatic heterocycles. The third-order valence-electron chi connectivity index (χ3n) is 1.69. The van der Waals surface area contributed by atoms with E-state index in [1.807, 2.05) is 0 Å². The Morgan fingerprint density at radius 1 is 1.50 bits per heavy atom. The highest BCUT2D eigenvalue weighted by molar-refractivity contribution is 5.81. The zero-order chi connectivity index (χ0) is 9.30. The topological polar surface area (TPSA) is 50.2 Å². The van der Waals surface area contributed by atoms with Crippen molar-refractivity contribution >= 4 is 6.29 Å². The number of hydrogen-bond donors (Lipinski definition) is 1. The summed E-state index contributed by atoms with van der Waals surface area (Å²) in [6.07, 6.45) is 0.419. The quantitative estimate of drug-likeness (QED) is 0.510. The molecule has 0 bridgehead atoms. The number of carbonyl (C=O) groups excluding carboxylic acids is 1. The molecule has 0 spiro atoms. The van der Waals surface area contributed by atoms with Crippen molar-refractivity contribution in [2.75, 3.05) is 0 Å². The van der Waals surface area contributed by atoms with E-state index in [0.717, 1.165) is 0 Å². The number of halogens is 1. The van der Waals surface area contributed by atoms with E-state index in [4.69, 9.17) is 0 Å². The molecule has 64 valence electrons. The number of aromatic nitrogens is 1. The van der Waals surface area contributed by atoms with Gasteiger partial charge in [0.15, 0.2) is 6.29 Å². The molecule has 4 heteroatoms.